The second kappa shape index (κ2) is 6.42. The fourth-order valence-corrected chi connectivity index (χ4v) is 1.63. The van der Waals surface area contributed by atoms with Crippen LogP contribution in [-0.4, -0.2) is 38.8 Å². The highest BCUT2D eigenvalue weighted by Gasteiger charge is 2.24. The number of ether oxygens (including phenoxy) is 3. The number of methoxy groups -OCH3 is 3. The monoisotopic (exact) mass is 255 g/mol. The minimum atomic E-state index is -0.221. The third kappa shape index (κ3) is 3.02. The van der Waals surface area contributed by atoms with Crippen molar-refractivity contribution in [1.29, 1.82) is 0 Å². The molecule has 0 amide bonds. The summed E-state index contributed by atoms with van der Waals surface area (Å²) in [5, 5.41) is 0. The first-order valence-electron chi connectivity index (χ1n) is 5.69. The van der Waals surface area contributed by atoms with Gasteiger partial charge in [0.1, 0.15) is 12.5 Å². The minimum absolute atomic E-state index is 0.221. The van der Waals surface area contributed by atoms with Crippen LogP contribution in [0.15, 0.2) is 12.1 Å². The highest BCUT2D eigenvalue weighted by Crippen LogP contribution is 2.27. The van der Waals surface area contributed by atoms with Gasteiger partial charge in [-0.05, 0) is 19.9 Å². The summed E-state index contributed by atoms with van der Waals surface area (Å²) in [4.78, 5) is 6.19. The Morgan fingerprint density at radius 1 is 1.11 bits per heavy atom. The molecule has 2 unspecified atom stereocenters. The van der Waals surface area contributed by atoms with Crippen molar-refractivity contribution in [2.45, 2.75) is 26.3 Å². The summed E-state index contributed by atoms with van der Waals surface area (Å²) in [5.41, 5.74) is 6.50. The van der Waals surface area contributed by atoms with E-state index < -0.39 is 0 Å². The molecule has 102 valence electrons. The molecule has 0 aliphatic rings. The van der Waals surface area contributed by atoms with Crippen LogP contribution in [-0.2, 0) is 9.47 Å². The van der Waals surface area contributed by atoms with Crippen LogP contribution < -0.4 is 15.4 Å². The van der Waals surface area contributed by atoms with Gasteiger partial charge in [0.2, 0.25) is 5.88 Å². The standard InChI is InChI=1S/C12H21N3O3/c1-8(16-3)15(9(2)17-4)12-10(13)6-7-11(14-12)18-5/h6-9H,13H2,1-5H3. The van der Waals surface area contributed by atoms with Crippen molar-refractivity contribution in [3.05, 3.63) is 12.1 Å². The maximum Gasteiger partial charge on any atom is 0.215 e. The van der Waals surface area contributed by atoms with Gasteiger partial charge in [-0.1, -0.05) is 0 Å². The molecule has 0 aliphatic heterocycles. The molecule has 2 atom stereocenters. The Hall–Kier alpha value is -1.53. The Morgan fingerprint density at radius 3 is 2.11 bits per heavy atom. The zero-order valence-corrected chi connectivity index (χ0v) is 11.5. The third-order valence-corrected chi connectivity index (χ3v) is 2.80. The van der Waals surface area contributed by atoms with Crippen molar-refractivity contribution in [3.63, 3.8) is 0 Å². The SMILES string of the molecule is COc1ccc(N)c(N(C(C)OC)C(C)OC)n1. The lowest BCUT2D eigenvalue weighted by Gasteiger charge is -2.34. The molecule has 6 nitrogen and oxygen atoms in total. The molecule has 1 rings (SSSR count). The van der Waals surface area contributed by atoms with E-state index in [9.17, 15) is 0 Å². The van der Waals surface area contributed by atoms with Gasteiger partial charge in [0.15, 0.2) is 5.82 Å². The van der Waals surface area contributed by atoms with Crippen LogP contribution in [0.5, 0.6) is 5.88 Å². The first kappa shape index (κ1) is 14.5. The molecule has 0 radical (unpaired) electrons. The number of anilines is 2. The number of nitrogens with two attached hydrogens (primary N) is 1. The van der Waals surface area contributed by atoms with Gasteiger partial charge in [-0.15, -0.1) is 0 Å². The molecule has 1 aromatic heterocycles. The molecule has 18 heavy (non-hydrogen) atoms. The van der Waals surface area contributed by atoms with Gasteiger partial charge in [-0.25, -0.2) is 0 Å². The molecule has 1 heterocycles. The van der Waals surface area contributed by atoms with Gasteiger partial charge in [0.25, 0.3) is 0 Å². The van der Waals surface area contributed by atoms with Crippen molar-refractivity contribution in [2.75, 3.05) is 32.0 Å². The minimum Gasteiger partial charge on any atom is -0.481 e. The number of rotatable bonds is 6. The van der Waals surface area contributed by atoms with E-state index in [0.717, 1.165) is 0 Å². The first-order chi connectivity index (χ1) is 8.54. The maximum atomic E-state index is 5.96. The molecular weight excluding hydrogens is 234 g/mol. The van der Waals surface area contributed by atoms with E-state index in [0.29, 0.717) is 17.4 Å². The van der Waals surface area contributed by atoms with E-state index in [4.69, 9.17) is 19.9 Å². The normalized spacial score (nSPS) is 14.1. The second-order valence-electron chi connectivity index (χ2n) is 3.84. The van der Waals surface area contributed by atoms with Crippen LogP contribution in [0.2, 0.25) is 0 Å². The smallest absolute Gasteiger partial charge is 0.215 e. The van der Waals surface area contributed by atoms with Gasteiger partial charge >= 0.3 is 0 Å². The largest absolute Gasteiger partial charge is 0.481 e. The molecule has 0 saturated heterocycles. The van der Waals surface area contributed by atoms with Gasteiger partial charge < -0.3 is 24.8 Å². The second-order valence-corrected chi connectivity index (χ2v) is 3.84. The lowest BCUT2D eigenvalue weighted by Crippen LogP contribution is -2.43. The summed E-state index contributed by atoms with van der Waals surface area (Å²) in [6, 6.07) is 3.46. The Labute approximate surface area is 108 Å². The summed E-state index contributed by atoms with van der Waals surface area (Å²) in [5.74, 6) is 1.08. The van der Waals surface area contributed by atoms with Crippen molar-refractivity contribution < 1.29 is 14.2 Å². The Balaban J connectivity index is 3.19. The van der Waals surface area contributed by atoms with Crippen LogP contribution in [0.1, 0.15) is 13.8 Å². The highest BCUT2D eigenvalue weighted by molar-refractivity contribution is 5.64. The average molecular weight is 255 g/mol. The van der Waals surface area contributed by atoms with E-state index in [2.05, 4.69) is 4.98 Å². The van der Waals surface area contributed by atoms with Gasteiger partial charge in [0.05, 0.1) is 12.8 Å². The summed E-state index contributed by atoms with van der Waals surface area (Å²) in [6.45, 7) is 3.80. The van der Waals surface area contributed by atoms with Crippen molar-refractivity contribution in [3.8, 4) is 5.88 Å². The molecule has 0 fully saturated rings. The van der Waals surface area contributed by atoms with Gasteiger partial charge in [-0.3, -0.25) is 0 Å². The number of nitrogens with zero attached hydrogens (tertiary/aromatic N) is 2. The number of nitrogen functional groups attached to an aromatic ring is 1. The third-order valence-electron chi connectivity index (χ3n) is 2.80. The van der Waals surface area contributed by atoms with E-state index in [1.165, 1.54) is 0 Å². The van der Waals surface area contributed by atoms with Crippen LogP contribution in [0.25, 0.3) is 0 Å². The van der Waals surface area contributed by atoms with Gasteiger partial charge in [0, 0.05) is 20.3 Å². The van der Waals surface area contributed by atoms with Crippen LogP contribution in [0.4, 0.5) is 11.5 Å². The average Bonchev–Trinajstić information content (AvgIpc) is 2.40. The van der Waals surface area contributed by atoms with Crippen LogP contribution in [0, 0.1) is 0 Å². The lowest BCUT2D eigenvalue weighted by atomic mass is 10.3. The number of aromatic nitrogens is 1. The summed E-state index contributed by atoms with van der Waals surface area (Å²) >= 11 is 0. The molecule has 2 N–H and O–H groups in total. The first-order valence-corrected chi connectivity index (χ1v) is 5.69. The van der Waals surface area contributed by atoms with E-state index >= 15 is 0 Å². The molecular formula is C12H21N3O3. The number of pyridine rings is 1. The summed E-state index contributed by atoms with van der Waals surface area (Å²) in [6.07, 6.45) is -0.441. The lowest BCUT2D eigenvalue weighted by molar-refractivity contribution is 0.0420. The topological polar surface area (TPSA) is 69.8 Å². The quantitative estimate of drug-likeness (QED) is 0.776. The Bertz CT molecular complexity index is 377. The number of hydrogen-bond acceptors (Lipinski definition) is 6. The zero-order chi connectivity index (χ0) is 13.7. The maximum absolute atomic E-state index is 5.96. The molecule has 0 aliphatic carbocycles. The molecule has 0 bridgehead atoms. The van der Waals surface area contributed by atoms with Crippen molar-refractivity contribution in [2.24, 2.45) is 0 Å². The van der Waals surface area contributed by atoms with Crippen molar-refractivity contribution in [1.82, 2.24) is 4.98 Å². The molecule has 0 aromatic carbocycles. The Kier molecular flexibility index (Phi) is 5.18. The zero-order valence-electron chi connectivity index (χ0n) is 11.5. The predicted molar refractivity (Wildman–Crippen MR) is 70.6 cm³/mol. The van der Waals surface area contributed by atoms with Gasteiger partial charge in [-0.2, -0.15) is 4.98 Å². The van der Waals surface area contributed by atoms with E-state index in [-0.39, 0.29) is 12.5 Å². The highest BCUT2D eigenvalue weighted by atomic mass is 16.5. The molecule has 6 heteroatoms. The Morgan fingerprint density at radius 2 is 1.67 bits per heavy atom. The fraction of sp³-hybridized carbons (Fsp3) is 0.583. The molecule has 1 aromatic rings. The van der Waals surface area contributed by atoms with E-state index in [1.807, 2.05) is 18.7 Å². The molecule has 0 saturated carbocycles. The molecule has 0 spiro atoms. The number of hydrogen-bond donors (Lipinski definition) is 1. The van der Waals surface area contributed by atoms with Crippen LogP contribution >= 0.6 is 0 Å². The summed E-state index contributed by atoms with van der Waals surface area (Å²) in [7, 11) is 4.80. The predicted octanol–water partition coefficient (Wildman–Crippen LogP) is 1.46. The van der Waals surface area contributed by atoms with Crippen LogP contribution in [0.3, 0.4) is 0 Å². The fourth-order valence-electron chi connectivity index (χ4n) is 1.63. The summed E-state index contributed by atoms with van der Waals surface area (Å²) < 4.78 is 15.8. The van der Waals surface area contributed by atoms with Crippen molar-refractivity contribution >= 4 is 11.5 Å². The van der Waals surface area contributed by atoms with E-state index in [1.54, 1.807) is 33.5 Å².